The van der Waals surface area contributed by atoms with Crippen molar-refractivity contribution in [2.45, 2.75) is 31.0 Å². The van der Waals surface area contributed by atoms with Gasteiger partial charge in [0.05, 0.1) is 32.1 Å². The van der Waals surface area contributed by atoms with Crippen molar-refractivity contribution in [3.63, 3.8) is 0 Å². The number of carbonyl (C=O) groups is 1. The van der Waals surface area contributed by atoms with Crippen LogP contribution in [-0.2, 0) is 11.2 Å². The summed E-state index contributed by atoms with van der Waals surface area (Å²) >= 11 is 1.49. The van der Waals surface area contributed by atoms with Gasteiger partial charge in [-0.1, -0.05) is 36.0 Å². The number of fused-ring (bicyclic) bond motifs is 2. The van der Waals surface area contributed by atoms with E-state index in [2.05, 4.69) is 10.4 Å². The molecule has 3 heterocycles. The Labute approximate surface area is 212 Å². The van der Waals surface area contributed by atoms with Crippen LogP contribution in [0.15, 0.2) is 58.6 Å². The van der Waals surface area contributed by atoms with Crippen LogP contribution < -0.4 is 20.3 Å². The smallest absolute Gasteiger partial charge is 0.265 e. The number of carbonyl (C=O) groups excluding carboxylic acids is 1. The van der Waals surface area contributed by atoms with Crippen molar-refractivity contribution >= 4 is 28.7 Å². The SMILES string of the molecule is COc1ccc(CCNC(=O)CC2CSc3nc4c(cnn4-c4ccccc4C)c(=O)n32)cc1OC. The van der Waals surface area contributed by atoms with Crippen LogP contribution in [0.5, 0.6) is 11.5 Å². The lowest BCUT2D eigenvalue weighted by Crippen LogP contribution is -2.31. The minimum absolute atomic E-state index is 0.100. The maximum atomic E-state index is 13.4. The Hall–Kier alpha value is -3.79. The van der Waals surface area contributed by atoms with Gasteiger partial charge in [-0.25, -0.2) is 9.67 Å². The molecule has 0 saturated heterocycles. The lowest BCUT2D eigenvalue weighted by atomic mass is 10.1. The van der Waals surface area contributed by atoms with Gasteiger partial charge in [-0.3, -0.25) is 14.2 Å². The van der Waals surface area contributed by atoms with E-state index in [1.54, 1.807) is 29.7 Å². The lowest BCUT2D eigenvalue weighted by Gasteiger charge is -2.14. The zero-order chi connectivity index (χ0) is 25.2. The first kappa shape index (κ1) is 23.9. The van der Waals surface area contributed by atoms with Gasteiger partial charge < -0.3 is 14.8 Å². The first-order chi connectivity index (χ1) is 17.5. The molecule has 0 bridgehead atoms. The molecule has 9 nitrogen and oxygen atoms in total. The van der Waals surface area contributed by atoms with Crippen molar-refractivity contribution in [2.24, 2.45) is 0 Å². The van der Waals surface area contributed by atoms with E-state index in [0.29, 0.717) is 46.4 Å². The molecule has 0 radical (unpaired) electrons. The Kier molecular flexibility index (Phi) is 6.69. The number of nitrogens with zero attached hydrogens (tertiary/aromatic N) is 4. The predicted molar refractivity (Wildman–Crippen MR) is 138 cm³/mol. The van der Waals surface area contributed by atoms with Gasteiger partial charge in [0.15, 0.2) is 22.3 Å². The molecule has 10 heteroatoms. The van der Waals surface area contributed by atoms with E-state index in [0.717, 1.165) is 16.8 Å². The van der Waals surface area contributed by atoms with Crippen molar-refractivity contribution in [2.75, 3.05) is 26.5 Å². The lowest BCUT2D eigenvalue weighted by molar-refractivity contribution is -0.121. The maximum absolute atomic E-state index is 13.4. The number of ether oxygens (including phenoxy) is 2. The van der Waals surface area contributed by atoms with Crippen molar-refractivity contribution < 1.29 is 14.3 Å². The molecular weight excluding hydrogens is 478 g/mol. The summed E-state index contributed by atoms with van der Waals surface area (Å²) in [5, 5.41) is 8.48. The summed E-state index contributed by atoms with van der Waals surface area (Å²) in [5.41, 5.74) is 3.33. The minimum atomic E-state index is -0.253. The molecule has 0 aliphatic carbocycles. The number of benzene rings is 2. The fourth-order valence-corrected chi connectivity index (χ4v) is 5.56. The fraction of sp³-hybridized carbons (Fsp3) is 0.308. The maximum Gasteiger partial charge on any atom is 0.265 e. The van der Waals surface area contributed by atoms with Crippen LogP contribution in [0.3, 0.4) is 0 Å². The normalized spacial score (nSPS) is 14.6. The number of para-hydroxylation sites is 1. The van der Waals surface area contributed by atoms with Crippen molar-refractivity contribution in [1.82, 2.24) is 24.6 Å². The summed E-state index contributed by atoms with van der Waals surface area (Å²) in [6.07, 6.45) is 2.43. The molecule has 1 N–H and O–H groups in total. The first-order valence-corrected chi connectivity index (χ1v) is 12.7. The summed E-state index contributed by atoms with van der Waals surface area (Å²) < 4.78 is 14.0. The van der Waals surface area contributed by atoms with E-state index in [-0.39, 0.29) is 23.9 Å². The minimum Gasteiger partial charge on any atom is -0.493 e. The third-order valence-electron chi connectivity index (χ3n) is 6.32. The Bertz CT molecular complexity index is 1500. The summed E-state index contributed by atoms with van der Waals surface area (Å²) in [6, 6.07) is 13.3. The molecule has 1 atom stereocenters. The monoisotopic (exact) mass is 505 g/mol. The molecular formula is C26H27N5O4S. The zero-order valence-corrected chi connectivity index (χ0v) is 21.2. The molecule has 4 aromatic rings. The van der Waals surface area contributed by atoms with Crippen LogP contribution in [0.25, 0.3) is 16.7 Å². The van der Waals surface area contributed by atoms with Crippen molar-refractivity contribution in [3.05, 3.63) is 70.1 Å². The van der Waals surface area contributed by atoms with Crippen LogP contribution >= 0.6 is 11.8 Å². The quantitative estimate of drug-likeness (QED) is 0.367. The highest BCUT2D eigenvalue weighted by atomic mass is 32.2. The average molecular weight is 506 g/mol. The zero-order valence-electron chi connectivity index (χ0n) is 20.4. The average Bonchev–Trinajstić information content (AvgIpc) is 3.49. The topological polar surface area (TPSA) is 100 Å². The number of rotatable bonds is 8. The number of hydrogen-bond donors (Lipinski definition) is 1. The van der Waals surface area contributed by atoms with Gasteiger partial charge in [0.2, 0.25) is 5.91 Å². The Morgan fingerprint density at radius 3 is 2.75 bits per heavy atom. The van der Waals surface area contributed by atoms with E-state index < -0.39 is 0 Å². The van der Waals surface area contributed by atoms with Gasteiger partial charge in [0, 0.05) is 18.7 Å². The van der Waals surface area contributed by atoms with Gasteiger partial charge in [0.1, 0.15) is 5.39 Å². The van der Waals surface area contributed by atoms with Crippen LogP contribution in [0.2, 0.25) is 0 Å². The predicted octanol–water partition coefficient (Wildman–Crippen LogP) is 3.30. The van der Waals surface area contributed by atoms with E-state index in [1.165, 1.54) is 11.8 Å². The molecule has 1 aliphatic heterocycles. The standard InChI is InChI=1S/C26H27N5O4S/c1-16-6-4-5-7-20(16)31-24-19(14-28-31)25(33)30-18(15-36-26(30)29-24)13-23(32)27-11-10-17-8-9-21(34-2)22(12-17)35-3/h4-9,12,14,18H,10-11,13,15H2,1-3H3,(H,27,32). The third kappa shape index (κ3) is 4.44. The number of aryl methyl sites for hydroxylation is 1. The fourth-order valence-electron chi connectivity index (χ4n) is 4.43. The Morgan fingerprint density at radius 2 is 1.97 bits per heavy atom. The Morgan fingerprint density at radius 1 is 1.17 bits per heavy atom. The van der Waals surface area contributed by atoms with Gasteiger partial charge >= 0.3 is 0 Å². The van der Waals surface area contributed by atoms with Crippen LogP contribution in [0.1, 0.15) is 23.6 Å². The largest absolute Gasteiger partial charge is 0.493 e. The van der Waals surface area contributed by atoms with Crippen molar-refractivity contribution in [3.8, 4) is 17.2 Å². The second kappa shape index (κ2) is 10.1. The van der Waals surface area contributed by atoms with E-state index >= 15 is 0 Å². The third-order valence-corrected chi connectivity index (χ3v) is 7.42. The van der Waals surface area contributed by atoms with Crippen molar-refractivity contribution in [1.29, 1.82) is 0 Å². The molecule has 0 fully saturated rings. The summed E-state index contributed by atoms with van der Waals surface area (Å²) in [4.78, 5) is 30.8. The molecule has 2 aromatic carbocycles. The number of thioether (sulfide) groups is 1. The summed E-state index contributed by atoms with van der Waals surface area (Å²) in [6.45, 7) is 2.48. The van der Waals surface area contributed by atoms with Gasteiger partial charge in [-0.05, 0) is 42.7 Å². The summed E-state index contributed by atoms with van der Waals surface area (Å²) in [7, 11) is 3.19. The molecule has 1 unspecified atom stereocenters. The number of methoxy groups -OCH3 is 2. The van der Waals surface area contributed by atoms with Crippen LogP contribution in [-0.4, -0.2) is 51.8 Å². The second-order valence-corrected chi connectivity index (χ2v) is 9.60. The van der Waals surface area contributed by atoms with E-state index in [1.807, 2.05) is 49.4 Å². The van der Waals surface area contributed by atoms with Gasteiger partial charge in [-0.15, -0.1) is 0 Å². The van der Waals surface area contributed by atoms with Crippen LogP contribution in [0.4, 0.5) is 0 Å². The molecule has 1 amide bonds. The molecule has 5 rings (SSSR count). The molecule has 1 aliphatic rings. The molecule has 0 spiro atoms. The van der Waals surface area contributed by atoms with Gasteiger partial charge in [0.25, 0.3) is 5.56 Å². The van der Waals surface area contributed by atoms with E-state index in [4.69, 9.17) is 14.5 Å². The summed E-state index contributed by atoms with van der Waals surface area (Å²) in [5.74, 6) is 1.84. The first-order valence-electron chi connectivity index (χ1n) is 11.7. The second-order valence-electron chi connectivity index (χ2n) is 8.61. The molecule has 186 valence electrons. The number of nitrogens with one attached hydrogen (secondary N) is 1. The molecule has 0 saturated carbocycles. The number of hydrogen-bond acceptors (Lipinski definition) is 7. The highest BCUT2D eigenvalue weighted by molar-refractivity contribution is 7.99. The van der Waals surface area contributed by atoms with Gasteiger partial charge in [-0.2, -0.15) is 5.10 Å². The molecule has 36 heavy (non-hydrogen) atoms. The highest BCUT2D eigenvalue weighted by Gasteiger charge is 2.29. The van der Waals surface area contributed by atoms with E-state index in [9.17, 15) is 9.59 Å². The molecule has 2 aromatic heterocycles. The van der Waals surface area contributed by atoms with Crippen LogP contribution in [0, 0.1) is 6.92 Å². The number of aromatic nitrogens is 4. The Balaban J connectivity index is 1.28. The number of amides is 1. The highest BCUT2D eigenvalue weighted by Crippen LogP contribution is 2.33.